The normalized spacial score (nSPS) is 15.0. The monoisotopic (exact) mass is 384 g/mol. The van der Waals surface area contributed by atoms with Gasteiger partial charge < -0.3 is 0 Å². The number of rotatable bonds is 3. The molecule has 0 saturated heterocycles. The molecule has 0 fully saturated rings. The second-order valence-corrected chi connectivity index (χ2v) is 9.69. The maximum atomic E-state index is 13.1. The highest BCUT2D eigenvalue weighted by Gasteiger charge is 2.30. The fraction of sp³-hybridized carbons (Fsp3) is 0.250. The zero-order valence-electron chi connectivity index (χ0n) is 14.8. The third kappa shape index (κ3) is 3.20. The number of thiazole rings is 1. The molecule has 3 aromatic rings. The Balaban J connectivity index is 1.65. The molecule has 0 spiro atoms. The largest absolute Gasteiger partial charge is 0.243 e. The minimum absolute atomic E-state index is 0.381. The van der Waals surface area contributed by atoms with Gasteiger partial charge in [-0.15, -0.1) is 11.3 Å². The van der Waals surface area contributed by atoms with E-state index < -0.39 is 10.0 Å². The average molecular weight is 385 g/mol. The van der Waals surface area contributed by atoms with Crippen molar-refractivity contribution in [3.8, 4) is 10.6 Å². The van der Waals surface area contributed by atoms with Gasteiger partial charge in [0.15, 0.2) is 0 Å². The van der Waals surface area contributed by atoms with Gasteiger partial charge in [0.25, 0.3) is 0 Å². The van der Waals surface area contributed by atoms with Gasteiger partial charge in [-0.3, -0.25) is 0 Å². The Morgan fingerprint density at radius 1 is 1.04 bits per heavy atom. The Morgan fingerprint density at radius 2 is 1.73 bits per heavy atom. The molecule has 0 atom stereocenters. The van der Waals surface area contributed by atoms with E-state index in [-0.39, 0.29) is 0 Å². The third-order valence-corrected chi connectivity index (χ3v) is 7.50. The Kier molecular flexibility index (Phi) is 4.42. The van der Waals surface area contributed by atoms with E-state index in [1.807, 2.05) is 50.2 Å². The van der Waals surface area contributed by atoms with Crippen molar-refractivity contribution in [1.29, 1.82) is 0 Å². The van der Waals surface area contributed by atoms with Crippen molar-refractivity contribution in [1.82, 2.24) is 9.29 Å². The molecule has 26 heavy (non-hydrogen) atoms. The fourth-order valence-electron chi connectivity index (χ4n) is 3.31. The number of aromatic nitrogens is 1. The van der Waals surface area contributed by atoms with E-state index in [0.29, 0.717) is 24.4 Å². The molecular formula is C20H20N2O2S2. The van der Waals surface area contributed by atoms with Crippen molar-refractivity contribution < 1.29 is 8.42 Å². The predicted octanol–water partition coefficient (Wildman–Crippen LogP) is 4.17. The topological polar surface area (TPSA) is 50.3 Å². The van der Waals surface area contributed by atoms with Crippen LogP contribution in [-0.2, 0) is 23.0 Å². The summed E-state index contributed by atoms with van der Waals surface area (Å²) in [7, 11) is -3.49. The first-order valence-corrected chi connectivity index (χ1v) is 10.8. The number of nitrogens with zero attached hydrogens (tertiary/aromatic N) is 2. The Morgan fingerprint density at radius 3 is 2.42 bits per heavy atom. The van der Waals surface area contributed by atoms with Gasteiger partial charge in [-0.1, -0.05) is 36.4 Å². The highest BCUT2D eigenvalue weighted by Crippen LogP contribution is 2.33. The summed E-state index contributed by atoms with van der Waals surface area (Å²) in [5.41, 5.74) is 4.03. The second-order valence-electron chi connectivity index (χ2n) is 6.67. The molecule has 0 radical (unpaired) electrons. The minimum atomic E-state index is -3.49. The summed E-state index contributed by atoms with van der Waals surface area (Å²) in [6, 6.07) is 15.5. The molecule has 134 valence electrons. The van der Waals surface area contributed by atoms with E-state index in [9.17, 15) is 8.42 Å². The number of benzene rings is 2. The van der Waals surface area contributed by atoms with Crippen molar-refractivity contribution in [2.24, 2.45) is 0 Å². The summed E-state index contributed by atoms with van der Waals surface area (Å²) in [6.45, 7) is 4.72. The highest BCUT2D eigenvalue weighted by atomic mass is 32.2. The van der Waals surface area contributed by atoms with Crippen molar-refractivity contribution in [3.05, 3.63) is 70.2 Å². The first-order valence-electron chi connectivity index (χ1n) is 8.56. The van der Waals surface area contributed by atoms with Crippen molar-refractivity contribution in [2.45, 2.75) is 31.7 Å². The highest BCUT2D eigenvalue weighted by molar-refractivity contribution is 7.89. The van der Waals surface area contributed by atoms with Gasteiger partial charge in [0, 0.05) is 23.4 Å². The SMILES string of the molecule is Cc1cc(C)cc(S(=O)(=O)N2CCc3nc(-c4ccccc4)sc3C2)c1. The fourth-order valence-corrected chi connectivity index (χ4v) is 6.12. The summed E-state index contributed by atoms with van der Waals surface area (Å²) < 4.78 is 27.8. The lowest BCUT2D eigenvalue weighted by Crippen LogP contribution is -2.35. The van der Waals surface area contributed by atoms with E-state index in [4.69, 9.17) is 4.98 Å². The Bertz CT molecular complexity index is 1040. The lowest BCUT2D eigenvalue weighted by atomic mass is 10.2. The first-order chi connectivity index (χ1) is 12.4. The molecule has 0 aliphatic carbocycles. The number of aryl methyl sites for hydroxylation is 2. The van der Waals surface area contributed by atoms with Gasteiger partial charge in [0.1, 0.15) is 5.01 Å². The van der Waals surface area contributed by atoms with Gasteiger partial charge in [-0.25, -0.2) is 13.4 Å². The zero-order valence-corrected chi connectivity index (χ0v) is 16.4. The molecule has 1 aromatic heterocycles. The smallest absolute Gasteiger partial charge is 0.241 e. The molecule has 4 rings (SSSR count). The van der Waals surface area contributed by atoms with Gasteiger partial charge >= 0.3 is 0 Å². The van der Waals surface area contributed by atoms with E-state index in [1.165, 1.54) is 0 Å². The van der Waals surface area contributed by atoms with Crippen LogP contribution in [0.3, 0.4) is 0 Å². The van der Waals surface area contributed by atoms with Crippen LogP contribution < -0.4 is 0 Å². The lowest BCUT2D eigenvalue weighted by Gasteiger charge is -2.25. The van der Waals surface area contributed by atoms with Crippen LogP contribution in [0.4, 0.5) is 0 Å². The van der Waals surface area contributed by atoms with Crippen LogP contribution in [0.1, 0.15) is 21.7 Å². The van der Waals surface area contributed by atoms with Crippen molar-refractivity contribution in [3.63, 3.8) is 0 Å². The van der Waals surface area contributed by atoms with Gasteiger partial charge in [0.2, 0.25) is 10.0 Å². The number of hydrogen-bond acceptors (Lipinski definition) is 4. The minimum Gasteiger partial charge on any atom is -0.241 e. The zero-order chi connectivity index (χ0) is 18.3. The van der Waals surface area contributed by atoms with Gasteiger partial charge in [-0.2, -0.15) is 4.31 Å². The van der Waals surface area contributed by atoms with E-state index in [2.05, 4.69) is 0 Å². The molecule has 0 unspecified atom stereocenters. The predicted molar refractivity (Wildman–Crippen MR) is 105 cm³/mol. The summed E-state index contributed by atoms with van der Waals surface area (Å²) in [6.07, 6.45) is 0.655. The average Bonchev–Trinajstić information content (AvgIpc) is 3.05. The van der Waals surface area contributed by atoms with Crippen LogP contribution in [0.15, 0.2) is 53.4 Å². The van der Waals surface area contributed by atoms with Crippen LogP contribution in [0.25, 0.3) is 10.6 Å². The summed E-state index contributed by atoms with van der Waals surface area (Å²) in [5.74, 6) is 0. The summed E-state index contributed by atoms with van der Waals surface area (Å²) in [5, 5.41) is 0.959. The molecule has 6 heteroatoms. The molecule has 4 nitrogen and oxygen atoms in total. The van der Waals surface area contributed by atoms with Gasteiger partial charge in [-0.05, 0) is 37.1 Å². The second kappa shape index (κ2) is 6.61. The Labute approximate surface area is 158 Å². The quantitative estimate of drug-likeness (QED) is 0.681. The standard InChI is InChI=1S/C20H20N2O2S2/c1-14-10-15(2)12-17(11-14)26(23,24)22-9-8-18-19(13-22)25-20(21-18)16-6-4-3-5-7-16/h3-7,10-12H,8-9,13H2,1-2H3. The third-order valence-electron chi connectivity index (χ3n) is 4.55. The maximum Gasteiger partial charge on any atom is 0.243 e. The molecule has 0 amide bonds. The van der Waals surface area contributed by atoms with Crippen LogP contribution in [0.2, 0.25) is 0 Å². The summed E-state index contributed by atoms with van der Waals surface area (Å²) >= 11 is 1.59. The van der Waals surface area contributed by atoms with Crippen LogP contribution in [0.5, 0.6) is 0 Å². The molecule has 2 aromatic carbocycles. The first kappa shape index (κ1) is 17.4. The van der Waals surface area contributed by atoms with Crippen LogP contribution >= 0.6 is 11.3 Å². The van der Waals surface area contributed by atoms with E-state index >= 15 is 0 Å². The van der Waals surface area contributed by atoms with Gasteiger partial charge in [0.05, 0.1) is 17.1 Å². The lowest BCUT2D eigenvalue weighted by molar-refractivity contribution is 0.393. The molecule has 1 aliphatic heterocycles. The molecule has 0 bridgehead atoms. The van der Waals surface area contributed by atoms with Crippen LogP contribution in [-0.4, -0.2) is 24.3 Å². The molecule has 1 aliphatic rings. The van der Waals surface area contributed by atoms with Crippen LogP contribution in [0, 0.1) is 13.8 Å². The number of fused-ring (bicyclic) bond motifs is 1. The molecular weight excluding hydrogens is 364 g/mol. The molecule has 2 heterocycles. The molecule has 0 saturated carbocycles. The van der Waals surface area contributed by atoms with Crippen molar-refractivity contribution in [2.75, 3.05) is 6.54 Å². The molecule has 0 N–H and O–H groups in total. The Hall–Kier alpha value is -2.02. The number of sulfonamides is 1. The number of hydrogen-bond donors (Lipinski definition) is 0. The van der Waals surface area contributed by atoms with E-state index in [1.54, 1.807) is 27.8 Å². The van der Waals surface area contributed by atoms with Crippen molar-refractivity contribution >= 4 is 21.4 Å². The van der Waals surface area contributed by atoms with E-state index in [0.717, 1.165) is 32.3 Å². The summed E-state index contributed by atoms with van der Waals surface area (Å²) in [4.78, 5) is 6.16. The maximum absolute atomic E-state index is 13.1.